The first-order valence-corrected chi connectivity index (χ1v) is 6.12. The molecule has 0 aliphatic carbocycles. The average molecular weight is 222 g/mol. The second-order valence-electron chi connectivity index (χ2n) is 4.59. The minimum atomic E-state index is -0.125. The summed E-state index contributed by atoms with van der Waals surface area (Å²) in [6.45, 7) is 3.93. The summed E-state index contributed by atoms with van der Waals surface area (Å²) in [5.74, 6) is -0.125. The predicted molar refractivity (Wildman–Crippen MR) is 62.9 cm³/mol. The van der Waals surface area contributed by atoms with Gasteiger partial charge < -0.3 is 4.74 Å². The Labute approximate surface area is 96.6 Å². The van der Waals surface area contributed by atoms with Crippen molar-refractivity contribution in [3.63, 3.8) is 0 Å². The molecule has 2 rings (SSSR count). The molecule has 2 atom stereocenters. The van der Waals surface area contributed by atoms with Crippen molar-refractivity contribution in [3.8, 4) is 0 Å². The number of aryl methyl sites for hydroxylation is 1. The molecule has 2 heteroatoms. The molecule has 1 aromatic carbocycles. The molecule has 0 aromatic heterocycles. The number of rotatable bonds is 2. The molecule has 0 bridgehead atoms. The second-order valence-corrected chi connectivity index (χ2v) is 4.59. The molecule has 0 spiro atoms. The standard InChI is InChI=1S/C14H19FO/c1-3-12-5-4-6-14(16-12)11-8-7-10(2)13(15)9-11/h7-9,12,14H,3-6H2,1-2H3. The number of hydrogen-bond donors (Lipinski definition) is 0. The van der Waals surface area contributed by atoms with Crippen LogP contribution in [0.4, 0.5) is 4.39 Å². The van der Waals surface area contributed by atoms with Crippen LogP contribution in [0.3, 0.4) is 0 Å². The first-order valence-electron chi connectivity index (χ1n) is 6.12. The number of ether oxygens (including phenoxy) is 1. The summed E-state index contributed by atoms with van der Waals surface area (Å²) in [5, 5.41) is 0. The summed E-state index contributed by atoms with van der Waals surface area (Å²) in [6.07, 6.45) is 4.82. The maximum absolute atomic E-state index is 13.5. The molecule has 1 heterocycles. The normalized spacial score (nSPS) is 25.7. The van der Waals surface area contributed by atoms with E-state index in [9.17, 15) is 4.39 Å². The molecule has 1 saturated heterocycles. The van der Waals surface area contributed by atoms with Gasteiger partial charge in [0.25, 0.3) is 0 Å². The van der Waals surface area contributed by atoms with E-state index in [1.165, 1.54) is 6.42 Å². The van der Waals surface area contributed by atoms with Crippen molar-refractivity contribution < 1.29 is 9.13 Å². The average Bonchev–Trinajstić information content (AvgIpc) is 2.33. The lowest BCUT2D eigenvalue weighted by Crippen LogP contribution is -2.21. The lowest BCUT2D eigenvalue weighted by molar-refractivity contribution is -0.0527. The summed E-state index contributed by atoms with van der Waals surface area (Å²) >= 11 is 0. The molecule has 0 saturated carbocycles. The van der Waals surface area contributed by atoms with Gasteiger partial charge in [-0.1, -0.05) is 19.1 Å². The van der Waals surface area contributed by atoms with Crippen molar-refractivity contribution in [3.05, 3.63) is 35.1 Å². The van der Waals surface area contributed by atoms with Gasteiger partial charge in [-0.15, -0.1) is 0 Å². The van der Waals surface area contributed by atoms with Crippen LogP contribution in [0.25, 0.3) is 0 Å². The van der Waals surface area contributed by atoms with E-state index in [1.807, 2.05) is 12.1 Å². The van der Waals surface area contributed by atoms with Crippen LogP contribution in [-0.2, 0) is 4.74 Å². The van der Waals surface area contributed by atoms with E-state index >= 15 is 0 Å². The minimum Gasteiger partial charge on any atom is -0.370 e. The Morgan fingerprint density at radius 3 is 2.88 bits per heavy atom. The fourth-order valence-corrected chi connectivity index (χ4v) is 2.25. The molecule has 1 nitrogen and oxygen atoms in total. The van der Waals surface area contributed by atoms with E-state index < -0.39 is 0 Å². The second kappa shape index (κ2) is 4.96. The number of benzene rings is 1. The van der Waals surface area contributed by atoms with Crippen LogP contribution < -0.4 is 0 Å². The van der Waals surface area contributed by atoms with E-state index in [0.29, 0.717) is 11.7 Å². The van der Waals surface area contributed by atoms with E-state index in [4.69, 9.17) is 4.74 Å². The highest BCUT2D eigenvalue weighted by Crippen LogP contribution is 2.32. The Hall–Kier alpha value is -0.890. The Morgan fingerprint density at radius 1 is 1.38 bits per heavy atom. The van der Waals surface area contributed by atoms with Crippen LogP contribution in [0.2, 0.25) is 0 Å². The van der Waals surface area contributed by atoms with Gasteiger partial charge in [0, 0.05) is 0 Å². The molecule has 0 amide bonds. The van der Waals surface area contributed by atoms with Crippen molar-refractivity contribution >= 4 is 0 Å². The largest absolute Gasteiger partial charge is 0.370 e. The molecule has 0 N–H and O–H groups in total. The zero-order chi connectivity index (χ0) is 11.5. The van der Waals surface area contributed by atoms with Crippen LogP contribution in [0, 0.1) is 12.7 Å². The summed E-state index contributed by atoms with van der Waals surface area (Å²) in [7, 11) is 0. The Morgan fingerprint density at radius 2 is 2.19 bits per heavy atom. The molecular formula is C14H19FO. The smallest absolute Gasteiger partial charge is 0.126 e. The van der Waals surface area contributed by atoms with Gasteiger partial charge in [-0.25, -0.2) is 4.39 Å². The molecule has 1 aliphatic rings. The van der Waals surface area contributed by atoms with Crippen LogP contribution in [0.5, 0.6) is 0 Å². The fourth-order valence-electron chi connectivity index (χ4n) is 2.25. The third-order valence-corrected chi connectivity index (χ3v) is 3.37. The first kappa shape index (κ1) is 11.6. The zero-order valence-corrected chi connectivity index (χ0v) is 10.0. The van der Waals surface area contributed by atoms with Gasteiger partial charge in [0.15, 0.2) is 0 Å². The minimum absolute atomic E-state index is 0.0915. The summed E-state index contributed by atoms with van der Waals surface area (Å²) in [6, 6.07) is 5.45. The van der Waals surface area contributed by atoms with Crippen molar-refractivity contribution in [2.24, 2.45) is 0 Å². The topological polar surface area (TPSA) is 9.23 Å². The maximum Gasteiger partial charge on any atom is 0.126 e. The summed E-state index contributed by atoms with van der Waals surface area (Å²) < 4.78 is 19.4. The Balaban J connectivity index is 2.13. The molecule has 1 aromatic rings. The molecule has 88 valence electrons. The summed E-state index contributed by atoms with van der Waals surface area (Å²) in [5.41, 5.74) is 1.69. The van der Waals surface area contributed by atoms with Crippen molar-refractivity contribution in [1.82, 2.24) is 0 Å². The fraction of sp³-hybridized carbons (Fsp3) is 0.571. The van der Waals surface area contributed by atoms with Gasteiger partial charge in [0.05, 0.1) is 12.2 Å². The first-order chi connectivity index (χ1) is 7.70. The molecule has 1 aliphatic heterocycles. The molecule has 16 heavy (non-hydrogen) atoms. The zero-order valence-electron chi connectivity index (χ0n) is 10.0. The number of halogens is 1. The Bertz CT molecular complexity index is 362. The molecule has 0 radical (unpaired) electrons. The summed E-state index contributed by atoms with van der Waals surface area (Å²) in [4.78, 5) is 0. The van der Waals surface area contributed by atoms with E-state index in [-0.39, 0.29) is 11.9 Å². The predicted octanol–water partition coefficient (Wildman–Crippen LogP) is 4.15. The molecule has 1 fully saturated rings. The molecule has 2 unspecified atom stereocenters. The highest BCUT2D eigenvalue weighted by molar-refractivity contribution is 5.25. The van der Waals surface area contributed by atoms with E-state index in [1.54, 1.807) is 13.0 Å². The van der Waals surface area contributed by atoms with Crippen LogP contribution >= 0.6 is 0 Å². The highest BCUT2D eigenvalue weighted by Gasteiger charge is 2.22. The van der Waals surface area contributed by atoms with E-state index in [2.05, 4.69) is 6.92 Å². The van der Waals surface area contributed by atoms with Gasteiger partial charge in [0.2, 0.25) is 0 Å². The van der Waals surface area contributed by atoms with E-state index in [0.717, 1.165) is 24.8 Å². The monoisotopic (exact) mass is 222 g/mol. The van der Waals surface area contributed by atoms with Gasteiger partial charge >= 0.3 is 0 Å². The quantitative estimate of drug-likeness (QED) is 0.730. The van der Waals surface area contributed by atoms with Gasteiger partial charge in [-0.05, 0) is 49.8 Å². The highest BCUT2D eigenvalue weighted by atomic mass is 19.1. The third-order valence-electron chi connectivity index (χ3n) is 3.37. The lowest BCUT2D eigenvalue weighted by Gasteiger charge is -2.29. The van der Waals surface area contributed by atoms with Gasteiger partial charge in [0.1, 0.15) is 5.82 Å². The maximum atomic E-state index is 13.5. The third kappa shape index (κ3) is 2.43. The van der Waals surface area contributed by atoms with Crippen LogP contribution in [0.1, 0.15) is 49.8 Å². The van der Waals surface area contributed by atoms with Crippen LogP contribution in [-0.4, -0.2) is 6.10 Å². The van der Waals surface area contributed by atoms with Crippen molar-refractivity contribution in [2.75, 3.05) is 0 Å². The van der Waals surface area contributed by atoms with Crippen LogP contribution in [0.15, 0.2) is 18.2 Å². The SMILES string of the molecule is CCC1CCCC(c2ccc(C)c(F)c2)O1. The number of hydrogen-bond acceptors (Lipinski definition) is 1. The Kier molecular flexibility index (Phi) is 3.59. The molecular weight excluding hydrogens is 203 g/mol. The van der Waals surface area contributed by atoms with Gasteiger partial charge in [-0.2, -0.15) is 0 Å². The van der Waals surface area contributed by atoms with Crippen molar-refractivity contribution in [1.29, 1.82) is 0 Å². The lowest BCUT2D eigenvalue weighted by atomic mass is 9.97. The van der Waals surface area contributed by atoms with Gasteiger partial charge in [-0.3, -0.25) is 0 Å². The van der Waals surface area contributed by atoms with Crippen molar-refractivity contribution in [2.45, 2.75) is 51.7 Å².